The number of fused-ring (bicyclic) bond motifs is 1. The quantitative estimate of drug-likeness (QED) is 0.436. The number of ether oxygens (including phenoxy) is 2. The van der Waals surface area contributed by atoms with Crippen molar-refractivity contribution in [2.24, 2.45) is 11.8 Å². The van der Waals surface area contributed by atoms with Crippen LogP contribution in [-0.2, 0) is 23.9 Å². The maximum Gasteiger partial charge on any atom is 0.312 e. The summed E-state index contributed by atoms with van der Waals surface area (Å²) in [5.41, 5.74) is -0.294. The van der Waals surface area contributed by atoms with Crippen LogP contribution in [0.3, 0.4) is 0 Å². The summed E-state index contributed by atoms with van der Waals surface area (Å²) < 4.78 is 12.1. The number of esters is 1. The highest BCUT2D eigenvalue weighted by Crippen LogP contribution is 2.64. The van der Waals surface area contributed by atoms with Crippen LogP contribution >= 0.6 is 0 Å². The minimum Gasteiger partial charge on any atom is -0.466 e. The fourth-order valence-electron chi connectivity index (χ4n) is 6.91. The number of nitrogens with one attached hydrogen (secondary N) is 1. The Labute approximate surface area is 219 Å². The summed E-state index contributed by atoms with van der Waals surface area (Å²) in [4.78, 5) is 44.8. The zero-order chi connectivity index (χ0) is 27.0. The van der Waals surface area contributed by atoms with Crippen molar-refractivity contribution in [1.82, 2.24) is 4.90 Å². The number of benzene rings is 1. The van der Waals surface area contributed by atoms with Crippen molar-refractivity contribution < 1.29 is 29.0 Å². The average molecular weight is 516 g/mol. The molecule has 4 rings (SSSR count). The van der Waals surface area contributed by atoms with Crippen LogP contribution < -0.4 is 10.2 Å². The predicted octanol–water partition coefficient (Wildman–Crippen LogP) is 2.96. The molecule has 2 amide bonds. The van der Waals surface area contributed by atoms with Gasteiger partial charge in [0, 0.05) is 24.5 Å². The van der Waals surface area contributed by atoms with E-state index in [2.05, 4.69) is 24.1 Å². The standard InChI is InChI=1S/C28H41N3O6/c1-6-19(17-32)31-23(24(33)29-18-11-13-20(14-12-18)30(8-3)9-4)28-16-15-27(7-2,37-28)22(21(28)25(31)34)26(35)36-10-5/h11-14,19,21-23,32H,6-10,15-17H2,1-5H3,(H,29,33)/t19-,21-,22-,23?,27+,28?/m0/s1. The Morgan fingerprint density at radius 2 is 1.84 bits per heavy atom. The minimum atomic E-state index is -1.14. The van der Waals surface area contributed by atoms with E-state index in [0.29, 0.717) is 31.4 Å². The Hall–Kier alpha value is -2.65. The fourth-order valence-corrected chi connectivity index (χ4v) is 6.91. The first kappa shape index (κ1) is 27.4. The number of anilines is 2. The van der Waals surface area contributed by atoms with E-state index in [9.17, 15) is 19.5 Å². The summed E-state index contributed by atoms with van der Waals surface area (Å²) in [5.74, 6) is -2.72. The highest BCUT2D eigenvalue weighted by Gasteiger charge is 2.79. The minimum absolute atomic E-state index is 0.203. The third kappa shape index (κ3) is 4.20. The van der Waals surface area contributed by atoms with E-state index in [4.69, 9.17) is 9.47 Å². The zero-order valence-electron chi connectivity index (χ0n) is 22.7. The van der Waals surface area contributed by atoms with Crippen molar-refractivity contribution in [3.8, 4) is 0 Å². The van der Waals surface area contributed by atoms with E-state index >= 15 is 0 Å². The van der Waals surface area contributed by atoms with E-state index in [0.717, 1.165) is 18.8 Å². The van der Waals surface area contributed by atoms with Gasteiger partial charge in [0.05, 0.1) is 30.8 Å². The van der Waals surface area contributed by atoms with E-state index in [1.165, 1.54) is 4.90 Å². The summed E-state index contributed by atoms with van der Waals surface area (Å²) in [6.45, 7) is 11.4. The fraction of sp³-hybridized carbons (Fsp3) is 0.679. The number of carbonyl (C=O) groups is 3. The van der Waals surface area contributed by atoms with E-state index in [1.54, 1.807) is 6.92 Å². The number of rotatable bonds is 11. The van der Waals surface area contributed by atoms with Crippen LogP contribution in [0.2, 0.25) is 0 Å². The van der Waals surface area contributed by atoms with E-state index < -0.39 is 41.1 Å². The number of nitrogens with zero attached hydrogens (tertiary/aromatic N) is 2. The Balaban J connectivity index is 1.71. The van der Waals surface area contributed by atoms with Crippen molar-refractivity contribution in [2.45, 2.75) is 83.6 Å². The first-order valence-corrected chi connectivity index (χ1v) is 13.7. The van der Waals surface area contributed by atoms with Crippen LogP contribution in [-0.4, -0.2) is 77.4 Å². The molecular weight excluding hydrogens is 474 g/mol. The molecule has 2 N–H and O–H groups in total. The first-order chi connectivity index (χ1) is 17.8. The van der Waals surface area contributed by atoms with Crippen LogP contribution in [0.4, 0.5) is 11.4 Å². The lowest BCUT2D eigenvalue weighted by Crippen LogP contribution is -2.56. The monoisotopic (exact) mass is 515 g/mol. The third-order valence-electron chi connectivity index (χ3n) is 8.75. The number of likely N-dealkylation sites (tertiary alicyclic amines) is 1. The summed E-state index contributed by atoms with van der Waals surface area (Å²) in [5, 5.41) is 13.1. The first-order valence-electron chi connectivity index (χ1n) is 13.7. The average Bonchev–Trinajstić information content (AvgIpc) is 3.50. The van der Waals surface area contributed by atoms with Gasteiger partial charge in [-0.2, -0.15) is 0 Å². The molecule has 0 aliphatic carbocycles. The second kappa shape index (κ2) is 10.6. The van der Waals surface area contributed by atoms with Crippen molar-refractivity contribution >= 4 is 29.2 Å². The van der Waals surface area contributed by atoms with Crippen molar-refractivity contribution in [2.75, 3.05) is 36.5 Å². The van der Waals surface area contributed by atoms with Crippen LogP contribution in [0.25, 0.3) is 0 Å². The van der Waals surface area contributed by atoms with Crippen molar-refractivity contribution in [3.05, 3.63) is 24.3 Å². The van der Waals surface area contributed by atoms with Gasteiger partial charge in [0.25, 0.3) is 0 Å². The maximum atomic E-state index is 14.0. The normalized spacial score (nSPS) is 30.8. The molecule has 3 aliphatic heterocycles. The molecule has 6 atom stereocenters. The molecule has 0 aromatic heterocycles. The highest BCUT2D eigenvalue weighted by atomic mass is 16.6. The number of hydrogen-bond acceptors (Lipinski definition) is 7. The van der Waals surface area contributed by atoms with Crippen molar-refractivity contribution in [1.29, 1.82) is 0 Å². The van der Waals surface area contributed by atoms with Crippen LogP contribution in [0.1, 0.15) is 60.3 Å². The Kier molecular flexibility index (Phi) is 7.85. The van der Waals surface area contributed by atoms with Gasteiger partial charge in [-0.05, 0) is 70.7 Å². The molecule has 3 saturated heterocycles. The van der Waals surface area contributed by atoms with Gasteiger partial charge in [0.15, 0.2) is 0 Å². The summed E-state index contributed by atoms with van der Waals surface area (Å²) in [7, 11) is 0. The molecule has 9 heteroatoms. The van der Waals surface area contributed by atoms with Gasteiger partial charge in [-0.1, -0.05) is 13.8 Å². The molecule has 204 valence electrons. The molecule has 1 aromatic rings. The molecule has 3 aliphatic rings. The maximum absolute atomic E-state index is 14.0. The zero-order valence-corrected chi connectivity index (χ0v) is 22.7. The third-order valence-corrected chi connectivity index (χ3v) is 8.75. The van der Waals surface area contributed by atoms with Crippen LogP contribution in [0.15, 0.2) is 24.3 Å². The number of aliphatic hydroxyl groups excluding tert-OH is 1. The second-order valence-electron chi connectivity index (χ2n) is 10.3. The van der Waals surface area contributed by atoms with Gasteiger partial charge in [-0.3, -0.25) is 14.4 Å². The molecule has 1 spiro atoms. The van der Waals surface area contributed by atoms with Gasteiger partial charge in [0.2, 0.25) is 11.8 Å². The summed E-state index contributed by atoms with van der Waals surface area (Å²) >= 11 is 0. The molecule has 3 fully saturated rings. The largest absolute Gasteiger partial charge is 0.466 e. The molecule has 2 bridgehead atoms. The predicted molar refractivity (Wildman–Crippen MR) is 140 cm³/mol. The van der Waals surface area contributed by atoms with Gasteiger partial charge in [0.1, 0.15) is 17.6 Å². The molecule has 3 heterocycles. The molecule has 0 saturated carbocycles. The summed E-state index contributed by atoms with van der Waals surface area (Å²) in [6, 6.07) is 6.11. The smallest absolute Gasteiger partial charge is 0.312 e. The molecule has 37 heavy (non-hydrogen) atoms. The lowest BCUT2D eigenvalue weighted by atomic mass is 9.65. The van der Waals surface area contributed by atoms with Crippen LogP contribution in [0, 0.1) is 11.8 Å². The Morgan fingerprint density at radius 1 is 1.16 bits per heavy atom. The second-order valence-corrected chi connectivity index (χ2v) is 10.3. The van der Waals surface area contributed by atoms with Gasteiger partial charge in [-0.25, -0.2) is 0 Å². The van der Waals surface area contributed by atoms with Gasteiger partial charge >= 0.3 is 5.97 Å². The number of amides is 2. The Morgan fingerprint density at radius 3 is 2.38 bits per heavy atom. The SMILES string of the molecule is CCOC(=O)[C@@H]1[C@H]2C(=O)N([C@@H](CC)CO)C(C(=O)Nc3ccc(N(CC)CC)cc3)C23CC[C@@]1(CC)O3. The molecule has 9 nitrogen and oxygen atoms in total. The van der Waals surface area contributed by atoms with Gasteiger partial charge in [-0.15, -0.1) is 0 Å². The highest BCUT2D eigenvalue weighted by molar-refractivity contribution is 6.03. The lowest BCUT2D eigenvalue weighted by Gasteiger charge is -2.37. The number of hydrogen-bond donors (Lipinski definition) is 2. The summed E-state index contributed by atoms with van der Waals surface area (Å²) in [6.07, 6.45) is 2.07. The number of aliphatic hydroxyl groups is 1. The molecular formula is C28H41N3O6. The Bertz CT molecular complexity index is 1010. The van der Waals surface area contributed by atoms with Crippen LogP contribution in [0.5, 0.6) is 0 Å². The topological polar surface area (TPSA) is 108 Å². The lowest BCUT2D eigenvalue weighted by molar-refractivity contribution is -0.161. The number of carbonyl (C=O) groups excluding carboxylic acids is 3. The molecule has 0 radical (unpaired) electrons. The molecule has 1 aromatic carbocycles. The van der Waals surface area contributed by atoms with E-state index in [1.807, 2.05) is 38.1 Å². The molecule has 2 unspecified atom stereocenters. The van der Waals surface area contributed by atoms with Crippen molar-refractivity contribution in [3.63, 3.8) is 0 Å². The van der Waals surface area contributed by atoms with E-state index in [-0.39, 0.29) is 25.0 Å². The van der Waals surface area contributed by atoms with Gasteiger partial charge < -0.3 is 29.7 Å².